The summed E-state index contributed by atoms with van der Waals surface area (Å²) < 4.78 is 5.29. The molecule has 0 aromatic heterocycles. The van der Waals surface area contributed by atoms with Crippen molar-refractivity contribution in [2.24, 2.45) is 5.10 Å². The lowest BCUT2D eigenvalue weighted by molar-refractivity contribution is -0.123. The van der Waals surface area contributed by atoms with Gasteiger partial charge >= 0.3 is 0 Å². The van der Waals surface area contributed by atoms with Crippen LogP contribution in [-0.2, 0) is 4.79 Å². The molecular weight excluding hydrogens is 264 g/mol. The number of hydrogen-bond donors (Lipinski definition) is 1. The van der Waals surface area contributed by atoms with Gasteiger partial charge in [0.1, 0.15) is 5.75 Å². The quantitative estimate of drug-likeness (QED) is 0.653. The average molecular weight is 280 g/mol. The Morgan fingerprint density at radius 2 is 1.71 bits per heavy atom. The zero-order valence-corrected chi connectivity index (χ0v) is 11.5. The SMILES string of the molecule is O=C(COc1ccccc1)N/N=C/C=C/c1ccccc1. The third-order valence-corrected chi connectivity index (χ3v) is 2.55. The molecule has 4 nitrogen and oxygen atoms in total. The monoisotopic (exact) mass is 280 g/mol. The summed E-state index contributed by atoms with van der Waals surface area (Å²) in [4.78, 5) is 11.5. The molecule has 0 bridgehead atoms. The Bertz CT molecular complexity index is 607. The molecule has 0 aliphatic heterocycles. The van der Waals surface area contributed by atoms with Crippen molar-refractivity contribution in [1.29, 1.82) is 0 Å². The minimum absolute atomic E-state index is 0.0657. The molecular formula is C17H16N2O2. The molecule has 0 unspecified atom stereocenters. The number of carbonyl (C=O) groups excluding carboxylic acids is 1. The van der Waals surface area contributed by atoms with Gasteiger partial charge in [0.2, 0.25) is 0 Å². The van der Waals surface area contributed by atoms with Gasteiger partial charge in [0.05, 0.1) is 0 Å². The molecule has 0 aliphatic rings. The zero-order valence-electron chi connectivity index (χ0n) is 11.5. The second-order valence-electron chi connectivity index (χ2n) is 4.18. The minimum Gasteiger partial charge on any atom is -0.484 e. The van der Waals surface area contributed by atoms with E-state index >= 15 is 0 Å². The summed E-state index contributed by atoms with van der Waals surface area (Å²) in [6, 6.07) is 19.0. The van der Waals surface area contributed by atoms with Gasteiger partial charge in [-0.05, 0) is 23.8 Å². The standard InChI is InChI=1S/C17H16N2O2/c20-17(14-21-16-11-5-2-6-12-16)19-18-13-7-10-15-8-3-1-4-9-15/h1-13H,14H2,(H,19,20)/b10-7+,18-13+. The third-order valence-electron chi connectivity index (χ3n) is 2.55. The largest absolute Gasteiger partial charge is 0.484 e. The fraction of sp³-hybridized carbons (Fsp3) is 0.0588. The van der Waals surface area contributed by atoms with Gasteiger partial charge in [-0.15, -0.1) is 0 Å². The lowest BCUT2D eigenvalue weighted by Gasteiger charge is -2.03. The van der Waals surface area contributed by atoms with E-state index in [1.54, 1.807) is 18.2 Å². The summed E-state index contributed by atoms with van der Waals surface area (Å²) in [6.45, 7) is -0.0657. The van der Waals surface area contributed by atoms with E-state index < -0.39 is 0 Å². The van der Waals surface area contributed by atoms with Crippen molar-refractivity contribution in [3.63, 3.8) is 0 Å². The summed E-state index contributed by atoms with van der Waals surface area (Å²) in [5.41, 5.74) is 3.47. The number of hydrazone groups is 1. The number of benzene rings is 2. The third kappa shape index (κ3) is 5.74. The van der Waals surface area contributed by atoms with Gasteiger partial charge in [0, 0.05) is 6.21 Å². The van der Waals surface area contributed by atoms with Crippen LogP contribution in [0.2, 0.25) is 0 Å². The van der Waals surface area contributed by atoms with Crippen LogP contribution in [0.4, 0.5) is 0 Å². The molecule has 0 aliphatic carbocycles. The Hall–Kier alpha value is -2.88. The summed E-state index contributed by atoms with van der Waals surface area (Å²) >= 11 is 0. The van der Waals surface area contributed by atoms with Gasteiger partial charge in [0.15, 0.2) is 6.61 Å². The fourth-order valence-corrected chi connectivity index (χ4v) is 1.57. The molecule has 1 N–H and O–H groups in total. The van der Waals surface area contributed by atoms with Crippen LogP contribution in [0.25, 0.3) is 6.08 Å². The van der Waals surface area contributed by atoms with Crippen LogP contribution in [0.15, 0.2) is 71.8 Å². The summed E-state index contributed by atoms with van der Waals surface area (Å²) in [5, 5.41) is 3.81. The maximum atomic E-state index is 11.5. The van der Waals surface area contributed by atoms with Gasteiger partial charge in [-0.3, -0.25) is 4.79 Å². The van der Waals surface area contributed by atoms with Crippen LogP contribution >= 0.6 is 0 Å². The van der Waals surface area contributed by atoms with Crippen molar-refractivity contribution in [1.82, 2.24) is 5.43 Å². The van der Waals surface area contributed by atoms with Crippen molar-refractivity contribution in [3.8, 4) is 5.75 Å². The highest BCUT2D eigenvalue weighted by Gasteiger charge is 1.99. The predicted molar refractivity (Wildman–Crippen MR) is 84.0 cm³/mol. The van der Waals surface area contributed by atoms with Crippen LogP contribution in [0.3, 0.4) is 0 Å². The van der Waals surface area contributed by atoms with Crippen LogP contribution in [-0.4, -0.2) is 18.7 Å². The van der Waals surface area contributed by atoms with E-state index in [0.29, 0.717) is 5.75 Å². The highest BCUT2D eigenvalue weighted by Crippen LogP contribution is 2.07. The number of nitrogens with zero attached hydrogens (tertiary/aromatic N) is 1. The molecule has 0 fully saturated rings. The van der Waals surface area contributed by atoms with Crippen LogP contribution in [0, 0.1) is 0 Å². The minimum atomic E-state index is -0.303. The maximum absolute atomic E-state index is 11.5. The van der Waals surface area contributed by atoms with Crippen molar-refractivity contribution in [2.45, 2.75) is 0 Å². The molecule has 4 heteroatoms. The molecule has 0 radical (unpaired) electrons. The van der Waals surface area contributed by atoms with E-state index in [1.165, 1.54) is 6.21 Å². The molecule has 21 heavy (non-hydrogen) atoms. The highest BCUT2D eigenvalue weighted by molar-refractivity contribution is 5.81. The van der Waals surface area contributed by atoms with Crippen molar-refractivity contribution < 1.29 is 9.53 Å². The maximum Gasteiger partial charge on any atom is 0.277 e. The van der Waals surface area contributed by atoms with Crippen LogP contribution in [0.1, 0.15) is 5.56 Å². The molecule has 2 aromatic carbocycles. The van der Waals surface area contributed by atoms with Crippen molar-refractivity contribution in [2.75, 3.05) is 6.61 Å². The van der Waals surface area contributed by atoms with E-state index in [4.69, 9.17) is 4.74 Å². The van der Waals surface area contributed by atoms with Gasteiger partial charge in [-0.2, -0.15) is 5.10 Å². The molecule has 0 saturated carbocycles. The van der Waals surface area contributed by atoms with E-state index in [2.05, 4.69) is 10.5 Å². The number of hydrogen-bond acceptors (Lipinski definition) is 3. The highest BCUT2D eigenvalue weighted by atomic mass is 16.5. The first-order valence-electron chi connectivity index (χ1n) is 6.56. The lowest BCUT2D eigenvalue weighted by Crippen LogP contribution is -2.24. The smallest absolute Gasteiger partial charge is 0.277 e. The molecule has 0 atom stereocenters. The van der Waals surface area contributed by atoms with E-state index in [0.717, 1.165) is 5.56 Å². The molecule has 2 rings (SSSR count). The molecule has 0 heterocycles. The number of rotatable bonds is 6. The second-order valence-corrected chi connectivity index (χ2v) is 4.18. The number of nitrogens with one attached hydrogen (secondary N) is 1. The van der Waals surface area contributed by atoms with Gasteiger partial charge < -0.3 is 4.74 Å². The van der Waals surface area contributed by atoms with Crippen molar-refractivity contribution in [3.05, 3.63) is 72.3 Å². The average Bonchev–Trinajstić information content (AvgIpc) is 2.54. The zero-order chi connectivity index (χ0) is 14.8. The summed E-state index contributed by atoms with van der Waals surface area (Å²) in [5.74, 6) is 0.351. The molecule has 1 amide bonds. The van der Waals surface area contributed by atoms with Gasteiger partial charge in [-0.1, -0.05) is 54.6 Å². The van der Waals surface area contributed by atoms with E-state index in [-0.39, 0.29) is 12.5 Å². The first-order valence-corrected chi connectivity index (χ1v) is 6.56. The van der Waals surface area contributed by atoms with Crippen LogP contribution < -0.4 is 10.2 Å². The van der Waals surface area contributed by atoms with Crippen LogP contribution in [0.5, 0.6) is 5.75 Å². The molecule has 0 spiro atoms. The number of amides is 1. The molecule has 0 saturated heterocycles. The predicted octanol–water partition coefficient (Wildman–Crippen LogP) is 2.88. The Kier molecular flexibility index (Phi) is 5.76. The Balaban J connectivity index is 1.69. The van der Waals surface area contributed by atoms with E-state index in [9.17, 15) is 4.79 Å². The lowest BCUT2D eigenvalue weighted by atomic mass is 10.2. The summed E-state index contributed by atoms with van der Waals surface area (Å²) in [6.07, 6.45) is 5.18. The van der Waals surface area contributed by atoms with Gasteiger partial charge in [0.25, 0.3) is 5.91 Å². The summed E-state index contributed by atoms with van der Waals surface area (Å²) in [7, 11) is 0. The first-order chi connectivity index (χ1) is 10.3. The van der Waals surface area contributed by atoms with Gasteiger partial charge in [-0.25, -0.2) is 5.43 Å². The van der Waals surface area contributed by atoms with Crippen molar-refractivity contribution >= 4 is 18.2 Å². The normalized spacial score (nSPS) is 10.9. The molecule has 106 valence electrons. The second kappa shape index (κ2) is 8.32. The number of carbonyl (C=O) groups is 1. The van der Waals surface area contributed by atoms with E-state index in [1.807, 2.05) is 54.6 Å². The fourth-order valence-electron chi connectivity index (χ4n) is 1.57. The Labute approximate surface area is 123 Å². The molecule has 2 aromatic rings. The number of para-hydroxylation sites is 1. The number of ether oxygens (including phenoxy) is 1. The Morgan fingerprint density at radius 3 is 2.43 bits per heavy atom. The number of allylic oxidation sites excluding steroid dienone is 1. The topological polar surface area (TPSA) is 50.7 Å². The first kappa shape index (κ1) is 14.5. The Morgan fingerprint density at radius 1 is 1.05 bits per heavy atom.